The van der Waals surface area contributed by atoms with Crippen molar-refractivity contribution >= 4 is 27.2 Å². The summed E-state index contributed by atoms with van der Waals surface area (Å²) in [7, 11) is -1.81. The largest absolute Gasteiger partial charge is 0.314 e. The predicted octanol–water partition coefficient (Wildman–Crippen LogP) is 1.82. The first-order chi connectivity index (χ1) is 9.87. The van der Waals surface area contributed by atoms with Gasteiger partial charge in [0.15, 0.2) is 5.82 Å². The Morgan fingerprint density at radius 3 is 2.71 bits per heavy atom. The zero-order chi connectivity index (χ0) is 15.5. The van der Waals surface area contributed by atoms with Gasteiger partial charge in [0.05, 0.1) is 0 Å². The summed E-state index contributed by atoms with van der Waals surface area (Å²) < 4.78 is 28.8. The molecule has 0 unspecified atom stereocenters. The summed E-state index contributed by atoms with van der Waals surface area (Å²) in [5, 5.41) is 7.33. The predicted molar refractivity (Wildman–Crippen MR) is 85.2 cm³/mol. The lowest BCUT2D eigenvalue weighted by atomic mass is 10.3. The molecule has 0 fully saturated rings. The van der Waals surface area contributed by atoms with Crippen molar-refractivity contribution in [3.63, 3.8) is 0 Å². The van der Waals surface area contributed by atoms with Crippen LogP contribution in [0, 0.1) is 0 Å². The highest BCUT2D eigenvalue weighted by Crippen LogP contribution is 2.23. The molecule has 116 valence electrons. The second-order valence-corrected chi connectivity index (χ2v) is 8.14. The lowest BCUT2D eigenvalue weighted by Crippen LogP contribution is -2.24. The highest BCUT2D eigenvalue weighted by molar-refractivity contribution is 7.94. The Labute approximate surface area is 129 Å². The molecule has 21 heavy (non-hydrogen) atoms. The average Bonchev–Trinajstić information content (AvgIpc) is 2.98. The first-order valence-corrected chi connectivity index (χ1v) is 9.01. The Kier molecular flexibility index (Phi) is 5.02. The molecular weight excluding hydrogens is 308 g/mol. The molecule has 0 aliphatic heterocycles. The van der Waals surface area contributed by atoms with Crippen LogP contribution < -0.4 is 10.0 Å². The van der Waals surface area contributed by atoms with Gasteiger partial charge in [0, 0.05) is 36.8 Å². The zero-order valence-electron chi connectivity index (χ0n) is 12.3. The summed E-state index contributed by atoms with van der Waals surface area (Å²) in [4.78, 5) is 1.05. The van der Waals surface area contributed by atoms with E-state index < -0.39 is 10.0 Å². The number of aromatic nitrogens is 2. The lowest BCUT2D eigenvalue weighted by Gasteiger charge is -2.06. The van der Waals surface area contributed by atoms with Crippen LogP contribution in [0.2, 0.25) is 0 Å². The number of nitrogens with zero attached hydrogens (tertiary/aromatic N) is 2. The van der Waals surface area contributed by atoms with Gasteiger partial charge in [0.25, 0.3) is 10.0 Å². The lowest BCUT2D eigenvalue weighted by molar-refractivity contribution is 0.592. The van der Waals surface area contributed by atoms with Crippen molar-refractivity contribution in [2.24, 2.45) is 7.05 Å². The fourth-order valence-corrected chi connectivity index (χ4v) is 4.13. The first kappa shape index (κ1) is 16.0. The van der Waals surface area contributed by atoms with Gasteiger partial charge in [-0.1, -0.05) is 13.8 Å². The number of rotatable bonds is 7. The van der Waals surface area contributed by atoms with Crippen LogP contribution in [0.15, 0.2) is 28.6 Å². The Balaban J connectivity index is 2.02. The minimum Gasteiger partial charge on any atom is -0.314 e. The van der Waals surface area contributed by atoms with Gasteiger partial charge in [-0.05, 0) is 18.6 Å². The maximum atomic E-state index is 12.2. The molecular formula is C13H20N4O2S2. The molecule has 6 nitrogen and oxygen atoms in total. The fraction of sp³-hybridized carbons (Fsp3) is 0.462. The standard InChI is InChI=1S/C13H20N4O2S2/c1-10(2)14-8-6-11-4-5-13(20-11)21(18,19)16-12-7-9-17(3)15-12/h4-5,7,9-10,14H,6,8H2,1-3H3,(H,15,16). The molecule has 8 heteroatoms. The van der Waals surface area contributed by atoms with E-state index in [1.807, 2.05) is 6.07 Å². The third-order valence-corrected chi connectivity index (χ3v) is 5.77. The Morgan fingerprint density at radius 1 is 1.33 bits per heavy atom. The minimum atomic E-state index is -3.55. The molecule has 0 radical (unpaired) electrons. The van der Waals surface area contributed by atoms with Gasteiger partial charge in [-0.15, -0.1) is 11.3 Å². The fourth-order valence-electron chi connectivity index (χ4n) is 1.78. The van der Waals surface area contributed by atoms with Gasteiger partial charge >= 0.3 is 0 Å². The summed E-state index contributed by atoms with van der Waals surface area (Å²) in [5.41, 5.74) is 0. The molecule has 0 aliphatic rings. The molecule has 0 spiro atoms. The van der Waals surface area contributed by atoms with Crippen LogP contribution in [0.4, 0.5) is 5.82 Å². The van der Waals surface area contributed by atoms with Gasteiger partial charge < -0.3 is 5.32 Å². The van der Waals surface area contributed by atoms with Gasteiger partial charge in [0.1, 0.15) is 4.21 Å². The molecule has 0 saturated heterocycles. The van der Waals surface area contributed by atoms with E-state index in [0.29, 0.717) is 16.1 Å². The van der Waals surface area contributed by atoms with E-state index in [9.17, 15) is 8.42 Å². The van der Waals surface area contributed by atoms with E-state index >= 15 is 0 Å². The highest BCUT2D eigenvalue weighted by atomic mass is 32.2. The van der Waals surface area contributed by atoms with Gasteiger partial charge in [-0.3, -0.25) is 9.40 Å². The first-order valence-electron chi connectivity index (χ1n) is 6.71. The quantitative estimate of drug-likeness (QED) is 0.813. The SMILES string of the molecule is CC(C)NCCc1ccc(S(=O)(=O)Nc2ccn(C)n2)s1. The van der Waals surface area contributed by atoms with Crippen molar-refractivity contribution in [2.45, 2.75) is 30.5 Å². The topological polar surface area (TPSA) is 76.0 Å². The molecule has 2 aromatic heterocycles. The molecule has 2 rings (SSSR count). The van der Waals surface area contributed by atoms with Gasteiger partial charge in [-0.25, -0.2) is 8.42 Å². The molecule has 2 aromatic rings. The van der Waals surface area contributed by atoms with Crippen LogP contribution in [0.1, 0.15) is 18.7 Å². The zero-order valence-corrected chi connectivity index (χ0v) is 14.0. The third kappa shape index (κ3) is 4.55. The number of hydrogen-bond donors (Lipinski definition) is 2. The maximum absolute atomic E-state index is 12.2. The number of nitrogens with one attached hydrogen (secondary N) is 2. The minimum absolute atomic E-state index is 0.313. The molecule has 0 amide bonds. The van der Waals surface area contributed by atoms with E-state index in [1.165, 1.54) is 11.3 Å². The van der Waals surface area contributed by atoms with E-state index in [4.69, 9.17) is 0 Å². The number of thiophene rings is 1. The molecule has 2 N–H and O–H groups in total. The van der Waals surface area contributed by atoms with Crippen LogP contribution in [0.5, 0.6) is 0 Å². The number of hydrogen-bond acceptors (Lipinski definition) is 5. The second-order valence-electron chi connectivity index (χ2n) is 5.06. The van der Waals surface area contributed by atoms with E-state index in [0.717, 1.165) is 17.8 Å². The molecule has 0 aromatic carbocycles. The van der Waals surface area contributed by atoms with E-state index in [-0.39, 0.29) is 0 Å². The Morgan fingerprint density at radius 2 is 2.10 bits per heavy atom. The highest BCUT2D eigenvalue weighted by Gasteiger charge is 2.18. The number of sulfonamides is 1. The van der Waals surface area contributed by atoms with Crippen molar-refractivity contribution < 1.29 is 8.42 Å². The van der Waals surface area contributed by atoms with Crippen LogP contribution >= 0.6 is 11.3 Å². The van der Waals surface area contributed by atoms with Crippen LogP contribution in [-0.2, 0) is 23.5 Å². The van der Waals surface area contributed by atoms with Crippen molar-refractivity contribution in [1.82, 2.24) is 15.1 Å². The summed E-state index contributed by atoms with van der Waals surface area (Å²) in [6.45, 7) is 5.01. The second kappa shape index (κ2) is 6.59. The third-order valence-electron chi connectivity index (χ3n) is 2.78. The smallest absolute Gasteiger partial charge is 0.272 e. The van der Waals surface area contributed by atoms with Crippen molar-refractivity contribution in [3.8, 4) is 0 Å². The molecule has 0 aliphatic carbocycles. The normalized spacial score (nSPS) is 12.0. The summed E-state index contributed by atoms with van der Waals surface area (Å²) >= 11 is 1.29. The summed E-state index contributed by atoms with van der Waals surface area (Å²) in [5.74, 6) is 0.328. The van der Waals surface area contributed by atoms with E-state index in [1.54, 1.807) is 30.1 Å². The maximum Gasteiger partial charge on any atom is 0.272 e. The molecule has 2 heterocycles. The Hall–Kier alpha value is -1.38. The monoisotopic (exact) mass is 328 g/mol. The van der Waals surface area contributed by atoms with Crippen molar-refractivity contribution in [1.29, 1.82) is 0 Å². The number of aryl methyl sites for hydroxylation is 1. The van der Waals surface area contributed by atoms with E-state index in [2.05, 4.69) is 29.0 Å². The van der Waals surface area contributed by atoms with Crippen molar-refractivity contribution in [3.05, 3.63) is 29.3 Å². The van der Waals surface area contributed by atoms with Gasteiger partial charge in [-0.2, -0.15) is 5.10 Å². The molecule has 0 atom stereocenters. The van der Waals surface area contributed by atoms with Crippen LogP contribution in [0.25, 0.3) is 0 Å². The van der Waals surface area contributed by atoms with Gasteiger partial charge in [0.2, 0.25) is 0 Å². The summed E-state index contributed by atoms with van der Waals surface area (Å²) in [6, 6.07) is 5.55. The van der Waals surface area contributed by atoms with Crippen molar-refractivity contribution in [2.75, 3.05) is 11.3 Å². The summed E-state index contributed by atoms with van der Waals surface area (Å²) in [6.07, 6.45) is 2.51. The molecule has 0 bridgehead atoms. The molecule has 0 saturated carbocycles. The van der Waals surface area contributed by atoms with Crippen LogP contribution in [0.3, 0.4) is 0 Å². The van der Waals surface area contributed by atoms with Crippen LogP contribution in [-0.4, -0.2) is 30.8 Å². The average molecular weight is 328 g/mol. The number of anilines is 1. The Bertz CT molecular complexity index is 689.